The Kier molecular flexibility index (Phi) is 9.23. The third-order valence-electron chi connectivity index (χ3n) is 8.49. The van der Waals surface area contributed by atoms with Crippen LogP contribution in [0.15, 0.2) is 36.0 Å². The van der Waals surface area contributed by atoms with Crippen molar-refractivity contribution in [2.24, 2.45) is 11.8 Å². The zero-order chi connectivity index (χ0) is 26.9. The molecule has 0 aromatic carbocycles. The molecule has 2 saturated heterocycles. The van der Waals surface area contributed by atoms with Crippen LogP contribution in [-0.4, -0.2) is 64.9 Å². The standard InChI is InChI=1S/C29H51NO4Si2/c1-11-21(2)14-12-13-15-24-22-20-23(22)26(34-36(9,10)29(3,4)5)27-25(33-27)16-17-30(24)28(31)32-18-19-35(6,7)8/h11-15,22-27H,16-20H2,1-10H3/b14-12+,15-13+,21-11+/t22-,23+,24+,25-,26+,27-/m1/s1. The van der Waals surface area contributed by atoms with Gasteiger partial charge in [-0.2, -0.15) is 0 Å². The number of epoxide rings is 1. The lowest BCUT2D eigenvalue weighted by atomic mass is 10.0. The van der Waals surface area contributed by atoms with E-state index in [9.17, 15) is 4.79 Å². The fraction of sp³-hybridized carbons (Fsp3) is 0.759. The summed E-state index contributed by atoms with van der Waals surface area (Å²) in [4.78, 5) is 15.4. The van der Waals surface area contributed by atoms with Gasteiger partial charge in [0.2, 0.25) is 0 Å². The average Bonchev–Trinajstić information content (AvgIpc) is 3.67. The molecule has 204 valence electrons. The van der Waals surface area contributed by atoms with Gasteiger partial charge in [-0.25, -0.2) is 4.79 Å². The van der Waals surface area contributed by atoms with Crippen molar-refractivity contribution in [1.82, 2.24) is 4.90 Å². The van der Waals surface area contributed by atoms with Crippen molar-refractivity contribution in [2.45, 2.75) is 116 Å². The molecule has 0 spiro atoms. The van der Waals surface area contributed by atoms with Crippen LogP contribution in [0.4, 0.5) is 4.79 Å². The topological polar surface area (TPSA) is 51.3 Å². The molecule has 0 unspecified atom stereocenters. The zero-order valence-electron chi connectivity index (χ0n) is 24.5. The fourth-order valence-corrected chi connectivity index (χ4v) is 6.77. The number of nitrogens with zero attached hydrogens (tertiary/aromatic N) is 1. The van der Waals surface area contributed by atoms with Crippen molar-refractivity contribution in [2.75, 3.05) is 13.2 Å². The molecule has 6 atom stereocenters. The van der Waals surface area contributed by atoms with Crippen LogP contribution in [0.5, 0.6) is 0 Å². The summed E-state index contributed by atoms with van der Waals surface area (Å²) in [7, 11) is -3.21. The van der Waals surface area contributed by atoms with E-state index in [1.54, 1.807) is 0 Å². The molecule has 1 aliphatic carbocycles. The number of rotatable bonds is 8. The van der Waals surface area contributed by atoms with Gasteiger partial charge in [0.05, 0.1) is 24.9 Å². The lowest BCUT2D eigenvalue weighted by Gasteiger charge is -2.39. The number of hydrogen-bond donors (Lipinski definition) is 0. The van der Waals surface area contributed by atoms with E-state index in [2.05, 4.69) is 90.8 Å². The van der Waals surface area contributed by atoms with E-state index in [0.717, 1.165) is 18.9 Å². The molecular formula is C29H51NO4Si2. The third kappa shape index (κ3) is 7.68. The quantitative estimate of drug-likeness (QED) is 0.185. The maximum atomic E-state index is 13.4. The van der Waals surface area contributed by atoms with E-state index in [-0.39, 0.29) is 35.5 Å². The van der Waals surface area contributed by atoms with E-state index < -0.39 is 16.4 Å². The van der Waals surface area contributed by atoms with Crippen LogP contribution in [0.25, 0.3) is 0 Å². The first-order valence-electron chi connectivity index (χ1n) is 13.9. The van der Waals surface area contributed by atoms with Crippen molar-refractivity contribution in [3.8, 4) is 0 Å². The Morgan fingerprint density at radius 2 is 1.81 bits per heavy atom. The predicted molar refractivity (Wildman–Crippen MR) is 155 cm³/mol. The smallest absolute Gasteiger partial charge is 0.410 e. The first-order chi connectivity index (χ1) is 16.6. The Morgan fingerprint density at radius 3 is 2.42 bits per heavy atom. The largest absolute Gasteiger partial charge is 0.450 e. The van der Waals surface area contributed by atoms with Crippen molar-refractivity contribution in [3.05, 3.63) is 36.0 Å². The minimum Gasteiger partial charge on any atom is -0.450 e. The Morgan fingerprint density at radius 1 is 1.11 bits per heavy atom. The fourth-order valence-electron chi connectivity index (χ4n) is 4.71. The van der Waals surface area contributed by atoms with Gasteiger partial charge in [0, 0.05) is 14.6 Å². The minimum absolute atomic E-state index is 0.0213. The van der Waals surface area contributed by atoms with Gasteiger partial charge in [-0.15, -0.1) is 0 Å². The predicted octanol–water partition coefficient (Wildman–Crippen LogP) is 7.41. The molecule has 3 rings (SSSR count). The maximum absolute atomic E-state index is 13.4. The molecule has 0 aromatic rings. The Labute approximate surface area is 222 Å². The van der Waals surface area contributed by atoms with Gasteiger partial charge in [-0.3, -0.25) is 0 Å². The molecule has 7 heteroatoms. The molecule has 3 aliphatic rings. The average molecular weight is 534 g/mol. The Bertz CT molecular complexity index is 867. The van der Waals surface area contributed by atoms with Crippen LogP contribution in [0.1, 0.15) is 47.5 Å². The number of ether oxygens (including phenoxy) is 2. The maximum Gasteiger partial charge on any atom is 0.410 e. The van der Waals surface area contributed by atoms with Crippen LogP contribution in [0.2, 0.25) is 43.8 Å². The van der Waals surface area contributed by atoms with Crippen LogP contribution in [0, 0.1) is 11.8 Å². The summed E-state index contributed by atoms with van der Waals surface area (Å²) in [5, 5.41) is 0.154. The number of carbonyl (C=O) groups excluding carboxylic acids is 1. The molecule has 1 saturated carbocycles. The zero-order valence-corrected chi connectivity index (χ0v) is 26.5. The van der Waals surface area contributed by atoms with E-state index in [1.807, 2.05) is 11.8 Å². The molecule has 5 nitrogen and oxygen atoms in total. The normalized spacial score (nSPS) is 31.5. The van der Waals surface area contributed by atoms with E-state index in [4.69, 9.17) is 13.9 Å². The first kappa shape index (κ1) is 29.4. The van der Waals surface area contributed by atoms with Gasteiger partial charge in [0.1, 0.15) is 6.10 Å². The summed E-state index contributed by atoms with van der Waals surface area (Å²) in [6.07, 6.45) is 12.8. The Hall–Kier alpha value is -1.16. The summed E-state index contributed by atoms with van der Waals surface area (Å²) in [6.45, 7) is 23.8. The molecule has 0 N–H and O–H groups in total. The van der Waals surface area contributed by atoms with Gasteiger partial charge in [0.15, 0.2) is 8.32 Å². The number of allylic oxidation sites excluding steroid dienone is 5. The number of hydrogen-bond acceptors (Lipinski definition) is 4. The summed E-state index contributed by atoms with van der Waals surface area (Å²) in [5.41, 5.74) is 1.22. The highest BCUT2D eigenvalue weighted by Crippen LogP contribution is 2.54. The SMILES string of the molecule is C/C=C(C)/C=C/C=C/[C@H]1[C@@H]2C[C@@H]2[C@H](O[Si](C)(C)C(C)(C)C)[C@@H]2O[C@@H]2CCN1C(=O)OCC[Si](C)(C)C. The van der Waals surface area contributed by atoms with E-state index in [1.165, 1.54) is 5.57 Å². The third-order valence-corrected chi connectivity index (χ3v) is 14.7. The molecule has 0 radical (unpaired) electrons. The monoisotopic (exact) mass is 533 g/mol. The van der Waals surface area contributed by atoms with E-state index in [0.29, 0.717) is 25.0 Å². The second kappa shape index (κ2) is 11.3. The van der Waals surface area contributed by atoms with Gasteiger partial charge in [-0.1, -0.05) is 76.4 Å². The van der Waals surface area contributed by atoms with Crippen molar-refractivity contribution < 1.29 is 18.7 Å². The molecule has 1 amide bonds. The highest BCUT2D eigenvalue weighted by atomic mass is 28.4. The molecule has 2 heterocycles. The lowest BCUT2D eigenvalue weighted by Crippen LogP contribution is -2.47. The molecule has 2 aliphatic heterocycles. The van der Waals surface area contributed by atoms with Gasteiger partial charge in [-0.05, 0) is 62.7 Å². The highest BCUT2D eigenvalue weighted by Gasteiger charge is 2.60. The second-order valence-electron chi connectivity index (χ2n) is 13.7. The first-order valence-corrected chi connectivity index (χ1v) is 20.5. The molecule has 36 heavy (non-hydrogen) atoms. The van der Waals surface area contributed by atoms with Crippen LogP contribution < -0.4 is 0 Å². The van der Waals surface area contributed by atoms with Gasteiger partial charge in [0.25, 0.3) is 0 Å². The number of fused-ring (bicyclic) bond motifs is 2. The lowest BCUT2D eigenvalue weighted by molar-refractivity contribution is 0.0826. The van der Waals surface area contributed by atoms with Gasteiger partial charge >= 0.3 is 6.09 Å². The summed E-state index contributed by atoms with van der Waals surface area (Å²) in [6, 6.07) is 1.01. The summed E-state index contributed by atoms with van der Waals surface area (Å²) in [5.74, 6) is 0.792. The summed E-state index contributed by atoms with van der Waals surface area (Å²) < 4.78 is 19.0. The van der Waals surface area contributed by atoms with Crippen LogP contribution >= 0.6 is 0 Å². The Balaban J connectivity index is 1.82. The van der Waals surface area contributed by atoms with Crippen LogP contribution in [0.3, 0.4) is 0 Å². The summed E-state index contributed by atoms with van der Waals surface area (Å²) >= 11 is 0. The molecule has 0 bridgehead atoms. The highest BCUT2D eigenvalue weighted by molar-refractivity contribution is 6.76. The minimum atomic E-state index is -1.94. The van der Waals surface area contributed by atoms with Crippen molar-refractivity contribution in [3.63, 3.8) is 0 Å². The number of carbonyl (C=O) groups is 1. The molecule has 3 fully saturated rings. The molecule has 0 aromatic heterocycles. The van der Waals surface area contributed by atoms with Crippen molar-refractivity contribution in [1.29, 1.82) is 0 Å². The van der Waals surface area contributed by atoms with E-state index >= 15 is 0 Å². The molecular weight excluding hydrogens is 482 g/mol. The van der Waals surface area contributed by atoms with Crippen LogP contribution in [-0.2, 0) is 13.9 Å². The van der Waals surface area contributed by atoms with Crippen molar-refractivity contribution >= 4 is 22.5 Å². The number of amides is 1. The second-order valence-corrected chi connectivity index (χ2v) is 24.1. The van der Waals surface area contributed by atoms with Gasteiger partial charge < -0.3 is 18.8 Å².